The minimum absolute atomic E-state index is 0.272. The number of amides is 1. The highest BCUT2D eigenvalue weighted by Crippen LogP contribution is 2.30. The smallest absolute Gasteiger partial charge is 0.221 e. The number of rotatable bonds is 7. The van der Waals surface area contributed by atoms with Crippen molar-refractivity contribution in [3.63, 3.8) is 0 Å². The maximum Gasteiger partial charge on any atom is 0.221 e. The largest absolute Gasteiger partial charge is 0.395 e. The molecule has 6 heteroatoms. The van der Waals surface area contributed by atoms with E-state index in [4.69, 9.17) is 5.73 Å². The molecule has 0 aliphatic carbocycles. The minimum atomic E-state index is -1.09. The molecule has 1 aliphatic heterocycles. The summed E-state index contributed by atoms with van der Waals surface area (Å²) < 4.78 is 0. The average Bonchev–Trinajstić information content (AvgIpc) is 2.78. The van der Waals surface area contributed by atoms with Crippen molar-refractivity contribution >= 4 is 5.91 Å². The number of nitrogens with zero attached hydrogens (tertiary/aromatic N) is 1. The van der Waals surface area contributed by atoms with E-state index >= 15 is 0 Å². The Bertz CT molecular complexity index is 511. The zero-order valence-corrected chi connectivity index (χ0v) is 13.4. The first kappa shape index (κ1) is 17.9. The van der Waals surface area contributed by atoms with Gasteiger partial charge in [-0.05, 0) is 24.9 Å². The summed E-state index contributed by atoms with van der Waals surface area (Å²) in [6, 6.07) is 8.85. The van der Waals surface area contributed by atoms with Crippen LogP contribution in [-0.4, -0.2) is 63.6 Å². The highest BCUT2D eigenvalue weighted by atomic mass is 16.3. The fourth-order valence-corrected chi connectivity index (χ4v) is 3.43. The lowest BCUT2D eigenvalue weighted by Crippen LogP contribution is -2.48. The van der Waals surface area contributed by atoms with Crippen LogP contribution < -0.4 is 5.73 Å². The van der Waals surface area contributed by atoms with E-state index in [1.165, 1.54) is 5.56 Å². The molecule has 0 spiro atoms. The van der Waals surface area contributed by atoms with Crippen LogP contribution in [0.4, 0.5) is 0 Å². The third-order valence-corrected chi connectivity index (χ3v) is 4.78. The van der Waals surface area contributed by atoms with Crippen molar-refractivity contribution in [3.05, 3.63) is 35.9 Å². The number of aryl methyl sites for hydroxylation is 1. The van der Waals surface area contributed by atoms with Gasteiger partial charge in [-0.1, -0.05) is 37.3 Å². The van der Waals surface area contributed by atoms with Crippen LogP contribution >= 0.6 is 0 Å². The normalized spacial score (nSPS) is 29.6. The predicted molar refractivity (Wildman–Crippen MR) is 86.5 cm³/mol. The van der Waals surface area contributed by atoms with E-state index < -0.39 is 36.1 Å². The second-order valence-corrected chi connectivity index (χ2v) is 6.24. The van der Waals surface area contributed by atoms with Crippen LogP contribution in [0, 0.1) is 5.92 Å². The van der Waals surface area contributed by atoms with Gasteiger partial charge < -0.3 is 21.1 Å². The van der Waals surface area contributed by atoms with E-state index in [1.807, 2.05) is 35.2 Å². The fraction of sp³-hybridized carbons (Fsp3) is 0.588. The lowest BCUT2D eigenvalue weighted by atomic mass is 9.95. The first-order valence-corrected chi connectivity index (χ1v) is 8.03. The molecule has 1 amide bonds. The zero-order valence-electron chi connectivity index (χ0n) is 13.4. The number of aliphatic hydroxyl groups excluding tert-OH is 3. The topological polar surface area (TPSA) is 107 Å². The monoisotopic (exact) mass is 322 g/mol. The first-order chi connectivity index (χ1) is 11.0. The Morgan fingerprint density at radius 1 is 1.26 bits per heavy atom. The lowest BCUT2D eigenvalue weighted by molar-refractivity contribution is -0.124. The van der Waals surface area contributed by atoms with Crippen molar-refractivity contribution in [1.82, 2.24) is 4.90 Å². The molecule has 1 aromatic rings. The molecule has 5 unspecified atom stereocenters. The number of nitrogens with two attached hydrogens (primary N) is 1. The molecule has 128 valence electrons. The highest BCUT2D eigenvalue weighted by Gasteiger charge is 2.49. The van der Waals surface area contributed by atoms with E-state index in [2.05, 4.69) is 0 Å². The Labute approximate surface area is 136 Å². The molecule has 0 aromatic heterocycles. The van der Waals surface area contributed by atoms with Gasteiger partial charge in [-0.3, -0.25) is 9.69 Å². The van der Waals surface area contributed by atoms with Crippen molar-refractivity contribution < 1.29 is 20.1 Å². The number of hydrogen-bond acceptors (Lipinski definition) is 5. The number of carbonyl (C=O) groups excluding carboxylic acids is 1. The van der Waals surface area contributed by atoms with E-state index in [9.17, 15) is 20.1 Å². The molecule has 1 aliphatic rings. The molecular weight excluding hydrogens is 296 g/mol. The Balaban J connectivity index is 2.06. The van der Waals surface area contributed by atoms with Crippen LogP contribution in [0.3, 0.4) is 0 Å². The summed E-state index contributed by atoms with van der Waals surface area (Å²) in [4.78, 5) is 13.3. The maximum atomic E-state index is 11.5. The van der Waals surface area contributed by atoms with Crippen LogP contribution in [-0.2, 0) is 11.2 Å². The number of aliphatic hydroxyl groups is 3. The van der Waals surface area contributed by atoms with E-state index in [0.29, 0.717) is 6.54 Å². The van der Waals surface area contributed by atoms with Crippen molar-refractivity contribution in [2.24, 2.45) is 11.7 Å². The molecule has 0 saturated carbocycles. The van der Waals surface area contributed by atoms with Crippen LogP contribution in [0.2, 0.25) is 0 Å². The predicted octanol–water partition coefficient (Wildman–Crippen LogP) is -0.492. The van der Waals surface area contributed by atoms with Gasteiger partial charge in [0.05, 0.1) is 30.8 Å². The van der Waals surface area contributed by atoms with Gasteiger partial charge >= 0.3 is 0 Å². The summed E-state index contributed by atoms with van der Waals surface area (Å²) >= 11 is 0. The SMILES string of the molecule is CC(C(N)=O)C1C(O)C(O)C(CO)N1CCCc1ccccc1. The molecule has 6 nitrogen and oxygen atoms in total. The number of hydrogen-bond donors (Lipinski definition) is 4. The summed E-state index contributed by atoms with van der Waals surface area (Å²) in [5.41, 5.74) is 6.57. The Morgan fingerprint density at radius 2 is 1.91 bits per heavy atom. The third-order valence-electron chi connectivity index (χ3n) is 4.78. The van der Waals surface area contributed by atoms with Gasteiger partial charge in [0.1, 0.15) is 0 Å². The number of carbonyl (C=O) groups is 1. The summed E-state index contributed by atoms with van der Waals surface area (Å²) in [5, 5.41) is 29.9. The molecular formula is C17H26N2O4. The van der Waals surface area contributed by atoms with Gasteiger partial charge in [0.25, 0.3) is 0 Å². The highest BCUT2D eigenvalue weighted by molar-refractivity contribution is 5.77. The van der Waals surface area contributed by atoms with Crippen molar-refractivity contribution in [1.29, 1.82) is 0 Å². The van der Waals surface area contributed by atoms with E-state index in [1.54, 1.807) is 6.92 Å². The second-order valence-electron chi connectivity index (χ2n) is 6.24. The first-order valence-electron chi connectivity index (χ1n) is 8.03. The molecule has 1 fully saturated rings. The molecule has 5 N–H and O–H groups in total. The summed E-state index contributed by atoms with van der Waals surface area (Å²) in [7, 11) is 0. The van der Waals surface area contributed by atoms with E-state index in [0.717, 1.165) is 12.8 Å². The lowest BCUT2D eigenvalue weighted by Gasteiger charge is -2.32. The Morgan fingerprint density at radius 3 is 2.48 bits per heavy atom. The molecule has 5 atom stereocenters. The Kier molecular flexibility index (Phi) is 6.12. The molecule has 1 heterocycles. The maximum absolute atomic E-state index is 11.5. The standard InChI is InChI=1S/C17H26N2O4/c1-11(17(18)23)14-16(22)15(21)13(10-20)19(14)9-5-8-12-6-3-2-4-7-12/h2-4,6-7,11,13-16,20-22H,5,8-10H2,1H3,(H2,18,23). The number of primary amides is 1. The van der Waals surface area contributed by atoms with Crippen LogP contribution in [0.5, 0.6) is 0 Å². The van der Waals surface area contributed by atoms with Crippen molar-refractivity contribution in [2.45, 2.75) is 44.1 Å². The number of benzene rings is 1. The third kappa shape index (κ3) is 3.90. The van der Waals surface area contributed by atoms with E-state index in [-0.39, 0.29) is 6.61 Å². The van der Waals surface area contributed by atoms with Crippen LogP contribution in [0.1, 0.15) is 18.9 Å². The van der Waals surface area contributed by atoms with Gasteiger partial charge in [0, 0.05) is 6.04 Å². The van der Waals surface area contributed by atoms with Gasteiger partial charge in [0.15, 0.2) is 0 Å². The fourth-order valence-electron chi connectivity index (χ4n) is 3.43. The molecule has 23 heavy (non-hydrogen) atoms. The minimum Gasteiger partial charge on any atom is -0.395 e. The van der Waals surface area contributed by atoms with Crippen LogP contribution in [0.15, 0.2) is 30.3 Å². The van der Waals surface area contributed by atoms with Crippen molar-refractivity contribution in [2.75, 3.05) is 13.2 Å². The van der Waals surface area contributed by atoms with Gasteiger partial charge in [-0.2, -0.15) is 0 Å². The molecule has 1 saturated heterocycles. The van der Waals surface area contributed by atoms with Crippen molar-refractivity contribution in [3.8, 4) is 0 Å². The molecule has 1 aromatic carbocycles. The molecule has 0 radical (unpaired) electrons. The average molecular weight is 322 g/mol. The Hall–Kier alpha value is -1.47. The molecule has 2 rings (SSSR count). The quantitative estimate of drug-likeness (QED) is 0.542. The van der Waals surface area contributed by atoms with Gasteiger partial charge in [-0.25, -0.2) is 0 Å². The summed E-state index contributed by atoms with van der Waals surface area (Å²) in [6.45, 7) is 1.94. The molecule has 0 bridgehead atoms. The summed E-state index contributed by atoms with van der Waals surface area (Å²) in [5.74, 6) is -1.12. The zero-order chi connectivity index (χ0) is 17.0. The number of likely N-dealkylation sites (tertiary alicyclic amines) is 1. The van der Waals surface area contributed by atoms with Gasteiger partial charge in [0.2, 0.25) is 5.91 Å². The summed E-state index contributed by atoms with van der Waals surface area (Å²) in [6.07, 6.45) is -0.531. The van der Waals surface area contributed by atoms with Crippen LogP contribution in [0.25, 0.3) is 0 Å². The second kappa shape index (κ2) is 7.88. The van der Waals surface area contributed by atoms with Gasteiger partial charge in [-0.15, -0.1) is 0 Å².